The topological polar surface area (TPSA) is 29.3 Å². The zero-order valence-electron chi connectivity index (χ0n) is 29.2. The lowest BCUT2D eigenvalue weighted by atomic mass is 9.67. The summed E-state index contributed by atoms with van der Waals surface area (Å²) >= 11 is 0. The number of benzene rings is 7. The van der Waals surface area contributed by atoms with E-state index in [-0.39, 0.29) is 6.17 Å². The first-order valence-electron chi connectivity index (χ1n) is 18.1. The predicted molar refractivity (Wildman–Crippen MR) is 218 cm³/mol. The maximum Gasteiger partial charge on any atom is 0.135 e. The van der Waals surface area contributed by atoms with Crippen LogP contribution < -0.4 is 5.32 Å². The average molecular weight is 670 g/mol. The Kier molecular flexibility index (Phi) is 7.90. The highest BCUT2D eigenvalue weighted by Gasteiger charge is 2.46. The number of hydrogen-bond acceptors (Lipinski definition) is 1. The van der Waals surface area contributed by atoms with Crippen LogP contribution in [-0.2, 0) is 5.41 Å². The monoisotopic (exact) mass is 669 g/mol. The zero-order chi connectivity index (χ0) is 35.1. The van der Waals surface area contributed by atoms with E-state index in [1.165, 1.54) is 55.2 Å². The van der Waals surface area contributed by atoms with E-state index in [9.17, 15) is 0 Å². The minimum absolute atomic E-state index is 0.184. The van der Waals surface area contributed by atoms with Crippen molar-refractivity contribution in [2.45, 2.75) is 24.9 Å². The first-order valence-corrected chi connectivity index (χ1v) is 18.1. The molecule has 52 heavy (non-hydrogen) atoms. The summed E-state index contributed by atoms with van der Waals surface area (Å²) in [6.45, 7) is 6.64. The molecule has 0 amide bonds. The fraction of sp³-hybridized carbons (Fsp3) is 0.0816. The van der Waals surface area contributed by atoms with Gasteiger partial charge in [-0.15, -0.1) is 0 Å². The fourth-order valence-corrected chi connectivity index (χ4v) is 8.36. The lowest BCUT2D eigenvalue weighted by Gasteiger charge is -2.34. The number of aromatic nitrogens is 1. The second kappa shape index (κ2) is 13.0. The van der Waals surface area contributed by atoms with Crippen molar-refractivity contribution in [3.8, 4) is 11.1 Å². The summed E-state index contributed by atoms with van der Waals surface area (Å²) < 4.78 is 2.45. The van der Waals surface area contributed by atoms with Crippen molar-refractivity contribution in [3.63, 3.8) is 0 Å². The van der Waals surface area contributed by atoms with Crippen LogP contribution in [0.1, 0.15) is 52.9 Å². The molecule has 1 aliphatic rings. The van der Waals surface area contributed by atoms with Crippen LogP contribution in [0.5, 0.6) is 0 Å². The number of aliphatic imine (C=N–C) groups is 1. The Balaban J connectivity index is 1.30. The smallest absolute Gasteiger partial charge is 0.135 e. The third kappa shape index (κ3) is 5.00. The summed E-state index contributed by atoms with van der Waals surface area (Å²) in [5.74, 6) is 0.797. The molecule has 0 fully saturated rings. The van der Waals surface area contributed by atoms with Gasteiger partial charge in [-0.3, -0.25) is 0 Å². The second-order valence-corrected chi connectivity index (χ2v) is 13.5. The summed E-state index contributed by atoms with van der Waals surface area (Å²) in [6.07, 6.45) is 0.617. The maximum absolute atomic E-state index is 5.54. The van der Waals surface area contributed by atoms with Gasteiger partial charge >= 0.3 is 0 Å². The summed E-state index contributed by atoms with van der Waals surface area (Å²) in [5.41, 5.74) is 12.4. The molecule has 8 aromatic rings. The Morgan fingerprint density at radius 1 is 0.577 bits per heavy atom. The molecule has 1 unspecified atom stereocenters. The number of nitrogens with one attached hydrogen (secondary N) is 1. The quantitative estimate of drug-likeness (QED) is 0.127. The normalized spacial score (nSPS) is 13.8. The molecule has 0 spiro atoms. The van der Waals surface area contributed by atoms with E-state index in [1.807, 2.05) is 24.3 Å². The van der Waals surface area contributed by atoms with Gasteiger partial charge in [0.2, 0.25) is 0 Å². The minimum Gasteiger partial charge on any atom is -0.340 e. The molecule has 1 aromatic heterocycles. The molecule has 0 saturated carbocycles. The van der Waals surface area contributed by atoms with Crippen LogP contribution in [0.4, 0.5) is 0 Å². The third-order valence-electron chi connectivity index (χ3n) is 10.7. The average Bonchev–Trinajstić information content (AvgIpc) is 3.70. The number of hydrogen-bond donors (Lipinski definition) is 1. The fourth-order valence-electron chi connectivity index (χ4n) is 8.36. The maximum atomic E-state index is 5.54. The van der Waals surface area contributed by atoms with Crippen LogP contribution in [0.2, 0.25) is 0 Å². The Morgan fingerprint density at radius 3 is 1.79 bits per heavy atom. The molecular formula is C49H39N3. The lowest BCUT2D eigenvalue weighted by molar-refractivity contribution is 0.537. The van der Waals surface area contributed by atoms with E-state index in [2.05, 4.69) is 181 Å². The largest absolute Gasteiger partial charge is 0.340 e. The molecule has 0 bridgehead atoms. The SMILES string of the molecule is C=C(NC(=NC(CC)n1c2ccccc2c2cc3c(cc21)-c1ccccc1C3(c1ccccc1)c1ccccc1)c1ccccc1)c1ccccc1. The van der Waals surface area contributed by atoms with Gasteiger partial charge in [0.1, 0.15) is 12.0 Å². The number of nitrogens with zero attached hydrogens (tertiary/aromatic N) is 2. The molecule has 0 radical (unpaired) electrons. The Bertz CT molecular complexity index is 2540. The van der Waals surface area contributed by atoms with E-state index in [4.69, 9.17) is 4.99 Å². The van der Waals surface area contributed by atoms with E-state index in [0.29, 0.717) is 0 Å². The highest BCUT2D eigenvalue weighted by molar-refractivity contribution is 6.11. The van der Waals surface area contributed by atoms with E-state index in [1.54, 1.807) is 0 Å². The van der Waals surface area contributed by atoms with Crippen LogP contribution >= 0.6 is 0 Å². The molecule has 0 aliphatic heterocycles. The molecule has 3 nitrogen and oxygen atoms in total. The minimum atomic E-state index is -0.462. The van der Waals surface area contributed by atoms with Gasteiger partial charge in [-0.05, 0) is 63.6 Å². The molecule has 250 valence electrons. The second-order valence-electron chi connectivity index (χ2n) is 13.5. The molecule has 1 atom stereocenters. The standard InChI is InChI=1S/C49H39N3/c1-3-47(51-48(36-22-10-5-11-23-36)50-34(2)35-20-8-4-9-21-35)52-45-31-19-17-29-40(45)42-32-44-41(33-46(42)52)39-28-16-18-30-43(39)49(44,37-24-12-6-13-25-37)38-26-14-7-15-27-38/h4-33,47H,2-3H2,1H3,(H,50,51). The van der Waals surface area contributed by atoms with Gasteiger partial charge in [0.15, 0.2) is 0 Å². The molecule has 9 rings (SSSR count). The Hall–Kier alpha value is -6.45. The predicted octanol–water partition coefficient (Wildman–Crippen LogP) is 11.8. The van der Waals surface area contributed by atoms with Crippen molar-refractivity contribution in [2.24, 2.45) is 4.99 Å². The summed E-state index contributed by atoms with van der Waals surface area (Å²) in [6, 6.07) is 65.4. The van der Waals surface area contributed by atoms with Crippen LogP contribution in [0.15, 0.2) is 194 Å². The van der Waals surface area contributed by atoms with Gasteiger partial charge < -0.3 is 9.88 Å². The van der Waals surface area contributed by atoms with Crippen LogP contribution in [0.3, 0.4) is 0 Å². The third-order valence-corrected chi connectivity index (χ3v) is 10.7. The highest BCUT2D eigenvalue weighted by Crippen LogP contribution is 2.57. The van der Waals surface area contributed by atoms with Gasteiger partial charge in [-0.1, -0.05) is 177 Å². The Morgan fingerprint density at radius 2 is 1.13 bits per heavy atom. The number of para-hydroxylation sites is 1. The van der Waals surface area contributed by atoms with Crippen LogP contribution in [0.25, 0.3) is 38.6 Å². The molecule has 1 aliphatic carbocycles. The summed E-state index contributed by atoms with van der Waals surface area (Å²) in [4.78, 5) is 5.54. The van der Waals surface area contributed by atoms with Gasteiger partial charge in [0, 0.05) is 22.0 Å². The van der Waals surface area contributed by atoms with Crippen molar-refractivity contribution in [1.82, 2.24) is 9.88 Å². The first kappa shape index (κ1) is 31.5. The number of rotatable bonds is 8. The van der Waals surface area contributed by atoms with Gasteiger partial charge in [-0.25, -0.2) is 4.99 Å². The molecule has 3 heteroatoms. The summed E-state index contributed by atoms with van der Waals surface area (Å²) in [5, 5.41) is 6.07. The van der Waals surface area contributed by atoms with Crippen molar-refractivity contribution in [2.75, 3.05) is 0 Å². The van der Waals surface area contributed by atoms with Crippen LogP contribution in [-0.4, -0.2) is 10.4 Å². The summed E-state index contributed by atoms with van der Waals surface area (Å²) in [7, 11) is 0. The number of amidine groups is 1. The lowest BCUT2D eigenvalue weighted by Crippen LogP contribution is -2.28. The van der Waals surface area contributed by atoms with E-state index in [0.717, 1.165) is 29.1 Å². The van der Waals surface area contributed by atoms with Gasteiger partial charge in [0.25, 0.3) is 0 Å². The van der Waals surface area contributed by atoms with Crippen molar-refractivity contribution in [1.29, 1.82) is 0 Å². The molecule has 7 aromatic carbocycles. The van der Waals surface area contributed by atoms with E-state index < -0.39 is 5.41 Å². The van der Waals surface area contributed by atoms with Crippen molar-refractivity contribution < 1.29 is 0 Å². The molecular weight excluding hydrogens is 631 g/mol. The highest BCUT2D eigenvalue weighted by atomic mass is 15.2. The Labute approximate surface area is 305 Å². The molecule has 1 N–H and O–H groups in total. The molecule has 1 heterocycles. The number of fused-ring (bicyclic) bond motifs is 6. The van der Waals surface area contributed by atoms with Crippen molar-refractivity contribution >= 4 is 33.3 Å². The van der Waals surface area contributed by atoms with Crippen LogP contribution in [0, 0.1) is 0 Å². The van der Waals surface area contributed by atoms with Crippen molar-refractivity contribution in [3.05, 3.63) is 222 Å². The first-order chi connectivity index (χ1) is 25.7. The van der Waals surface area contributed by atoms with Gasteiger partial charge in [-0.2, -0.15) is 0 Å². The zero-order valence-corrected chi connectivity index (χ0v) is 29.2. The van der Waals surface area contributed by atoms with E-state index >= 15 is 0 Å². The molecule has 0 saturated heterocycles. The van der Waals surface area contributed by atoms with Gasteiger partial charge in [0.05, 0.1) is 16.4 Å².